The van der Waals surface area contributed by atoms with Gasteiger partial charge >= 0.3 is 6.61 Å². The molecule has 1 N–H and O–H groups in total. The molecule has 0 aliphatic heterocycles. The second kappa shape index (κ2) is 9.87. The molecule has 0 unspecified atom stereocenters. The van der Waals surface area contributed by atoms with Crippen molar-refractivity contribution in [1.82, 2.24) is 10.2 Å². The van der Waals surface area contributed by atoms with Crippen LogP contribution >= 0.6 is 0 Å². The zero-order valence-electron chi connectivity index (χ0n) is 15.6. The topological polar surface area (TPSA) is 50.8 Å². The SMILES string of the molecule is COc1cc(CN(C)CC(=O)N[C@H](C)c2ccccc2)ccc1OC(F)F. The molecule has 146 valence electrons. The molecule has 7 heteroatoms. The number of hydrogen-bond acceptors (Lipinski definition) is 4. The van der Waals surface area contributed by atoms with Gasteiger partial charge in [0.2, 0.25) is 5.91 Å². The third kappa shape index (κ3) is 6.53. The first-order chi connectivity index (χ1) is 12.9. The maximum Gasteiger partial charge on any atom is 0.387 e. The van der Waals surface area contributed by atoms with Crippen molar-refractivity contribution >= 4 is 5.91 Å². The fourth-order valence-electron chi connectivity index (χ4n) is 2.73. The Morgan fingerprint density at radius 2 is 1.85 bits per heavy atom. The molecule has 2 aromatic carbocycles. The number of amides is 1. The van der Waals surface area contributed by atoms with E-state index in [4.69, 9.17) is 4.74 Å². The highest BCUT2D eigenvalue weighted by Gasteiger charge is 2.14. The van der Waals surface area contributed by atoms with Gasteiger partial charge in [0.05, 0.1) is 19.7 Å². The Labute approximate surface area is 157 Å². The molecule has 0 fully saturated rings. The van der Waals surface area contributed by atoms with Gasteiger partial charge in [0, 0.05) is 6.54 Å². The third-order valence-electron chi connectivity index (χ3n) is 3.99. The van der Waals surface area contributed by atoms with Crippen LogP contribution in [0.25, 0.3) is 0 Å². The van der Waals surface area contributed by atoms with Crippen molar-refractivity contribution in [1.29, 1.82) is 0 Å². The molecular weight excluding hydrogens is 354 g/mol. The zero-order chi connectivity index (χ0) is 19.8. The first kappa shape index (κ1) is 20.6. The van der Waals surface area contributed by atoms with Gasteiger partial charge in [-0.25, -0.2) is 0 Å². The molecule has 0 saturated heterocycles. The number of nitrogens with zero attached hydrogens (tertiary/aromatic N) is 1. The molecule has 2 aromatic rings. The standard InChI is InChI=1S/C20H24F2N2O3/c1-14(16-7-5-4-6-8-16)23-19(25)13-24(2)12-15-9-10-17(27-20(21)22)18(11-15)26-3/h4-11,14,20H,12-13H2,1-3H3,(H,23,25)/t14-/m1/s1. The minimum atomic E-state index is -2.91. The van der Waals surface area contributed by atoms with E-state index in [1.807, 2.05) is 49.2 Å². The number of benzene rings is 2. The van der Waals surface area contributed by atoms with Gasteiger partial charge in [0.1, 0.15) is 0 Å². The molecule has 0 aromatic heterocycles. The van der Waals surface area contributed by atoms with Crippen molar-refractivity contribution in [2.75, 3.05) is 20.7 Å². The van der Waals surface area contributed by atoms with Gasteiger partial charge in [0.15, 0.2) is 11.5 Å². The van der Waals surface area contributed by atoms with E-state index in [0.717, 1.165) is 11.1 Å². The lowest BCUT2D eigenvalue weighted by atomic mass is 10.1. The van der Waals surface area contributed by atoms with E-state index in [2.05, 4.69) is 10.1 Å². The number of halogens is 2. The van der Waals surface area contributed by atoms with Crippen LogP contribution < -0.4 is 14.8 Å². The van der Waals surface area contributed by atoms with Crippen LogP contribution in [0.5, 0.6) is 11.5 Å². The molecule has 2 rings (SSSR count). The van der Waals surface area contributed by atoms with Crippen LogP contribution in [-0.2, 0) is 11.3 Å². The van der Waals surface area contributed by atoms with E-state index in [1.165, 1.54) is 13.2 Å². The summed E-state index contributed by atoms with van der Waals surface area (Å²) < 4.78 is 34.3. The van der Waals surface area contributed by atoms with Crippen LogP contribution in [0.4, 0.5) is 8.78 Å². The van der Waals surface area contributed by atoms with Crippen LogP contribution in [0.2, 0.25) is 0 Å². The number of likely N-dealkylation sites (N-methyl/N-ethyl adjacent to an activating group) is 1. The van der Waals surface area contributed by atoms with Crippen LogP contribution in [-0.4, -0.2) is 38.1 Å². The lowest BCUT2D eigenvalue weighted by molar-refractivity contribution is -0.122. The van der Waals surface area contributed by atoms with E-state index in [0.29, 0.717) is 6.54 Å². The first-order valence-electron chi connectivity index (χ1n) is 8.53. The summed E-state index contributed by atoms with van der Waals surface area (Å²) in [4.78, 5) is 14.1. The maximum absolute atomic E-state index is 12.4. The van der Waals surface area contributed by atoms with Crippen molar-refractivity contribution in [2.45, 2.75) is 26.1 Å². The fraction of sp³-hybridized carbons (Fsp3) is 0.350. The largest absolute Gasteiger partial charge is 0.493 e. The number of methoxy groups -OCH3 is 1. The average Bonchev–Trinajstić information content (AvgIpc) is 2.63. The summed E-state index contributed by atoms with van der Waals surface area (Å²) in [7, 11) is 3.20. The molecule has 0 heterocycles. The number of hydrogen-bond donors (Lipinski definition) is 1. The van der Waals surface area contributed by atoms with E-state index in [9.17, 15) is 13.6 Å². The Bertz CT molecular complexity index is 741. The summed E-state index contributed by atoms with van der Waals surface area (Å²) in [5, 5.41) is 2.96. The second-order valence-corrected chi connectivity index (χ2v) is 6.24. The molecule has 1 atom stereocenters. The van der Waals surface area contributed by atoms with Crippen molar-refractivity contribution in [3.05, 3.63) is 59.7 Å². The summed E-state index contributed by atoms with van der Waals surface area (Å²) >= 11 is 0. The Hall–Kier alpha value is -2.67. The lowest BCUT2D eigenvalue weighted by Crippen LogP contribution is -2.36. The fourth-order valence-corrected chi connectivity index (χ4v) is 2.73. The third-order valence-corrected chi connectivity index (χ3v) is 3.99. The van der Waals surface area contributed by atoms with E-state index in [1.54, 1.807) is 12.1 Å². The summed E-state index contributed by atoms with van der Waals surface area (Å²) in [6.07, 6.45) is 0. The quantitative estimate of drug-likeness (QED) is 0.724. The second-order valence-electron chi connectivity index (χ2n) is 6.24. The number of alkyl halides is 2. The normalized spacial score (nSPS) is 12.1. The number of nitrogens with one attached hydrogen (secondary N) is 1. The van der Waals surface area contributed by atoms with Gasteiger partial charge in [-0.15, -0.1) is 0 Å². The molecule has 0 radical (unpaired) electrons. The van der Waals surface area contributed by atoms with E-state index >= 15 is 0 Å². The molecule has 0 saturated carbocycles. The molecule has 0 bridgehead atoms. The van der Waals surface area contributed by atoms with Crippen LogP contribution in [0.15, 0.2) is 48.5 Å². The van der Waals surface area contributed by atoms with Crippen molar-refractivity contribution < 1.29 is 23.0 Å². The number of rotatable bonds is 9. The summed E-state index contributed by atoms with van der Waals surface area (Å²) in [5.41, 5.74) is 1.85. The highest BCUT2D eigenvalue weighted by atomic mass is 19.3. The highest BCUT2D eigenvalue weighted by Crippen LogP contribution is 2.29. The molecular formula is C20H24F2N2O3. The molecule has 0 aliphatic rings. The smallest absolute Gasteiger partial charge is 0.387 e. The number of carbonyl (C=O) groups is 1. The first-order valence-corrected chi connectivity index (χ1v) is 8.53. The molecule has 0 spiro atoms. The van der Waals surface area contributed by atoms with Crippen LogP contribution in [0, 0.1) is 0 Å². The average molecular weight is 378 g/mol. The summed E-state index contributed by atoms with van der Waals surface area (Å²) in [5.74, 6) is 0.107. The Morgan fingerprint density at radius 3 is 2.48 bits per heavy atom. The monoisotopic (exact) mass is 378 g/mol. The summed E-state index contributed by atoms with van der Waals surface area (Å²) in [6, 6.07) is 14.4. The number of carbonyl (C=O) groups excluding carboxylic acids is 1. The molecule has 1 amide bonds. The predicted molar refractivity (Wildman–Crippen MR) is 99.0 cm³/mol. The van der Waals surface area contributed by atoms with Gasteiger partial charge in [0.25, 0.3) is 0 Å². The van der Waals surface area contributed by atoms with E-state index < -0.39 is 6.61 Å². The minimum absolute atomic E-state index is 0.0201. The van der Waals surface area contributed by atoms with Gasteiger partial charge in [-0.3, -0.25) is 9.69 Å². The van der Waals surface area contributed by atoms with Crippen molar-refractivity contribution in [2.24, 2.45) is 0 Å². The highest BCUT2D eigenvalue weighted by molar-refractivity contribution is 5.78. The van der Waals surface area contributed by atoms with Gasteiger partial charge < -0.3 is 14.8 Å². The minimum Gasteiger partial charge on any atom is -0.493 e. The number of ether oxygens (including phenoxy) is 2. The van der Waals surface area contributed by atoms with Crippen LogP contribution in [0.1, 0.15) is 24.1 Å². The summed E-state index contributed by atoms with van der Waals surface area (Å²) in [6.45, 7) is -0.324. The van der Waals surface area contributed by atoms with E-state index in [-0.39, 0.29) is 30.0 Å². The molecule has 5 nitrogen and oxygen atoms in total. The Morgan fingerprint density at radius 1 is 1.15 bits per heavy atom. The van der Waals surface area contributed by atoms with Crippen molar-refractivity contribution in [3.63, 3.8) is 0 Å². The van der Waals surface area contributed by atoms with Crippen molar-refractivity contribution in [3.8, 4) is 11.5 Å². The lowest BCUT2D eigenvalue weighted by Gasteiger charge is -2.20. The van der Waals surface area contributed by atoms with Gasteiger partial charge in [-0.05, 0) is 37.2 Å². The molecule has 27 heavy (non-hydrogen) atoms. The van der Waals surface area contributed by atoms with Gasteiger partial charge in [-0.1, -0.05) is 36.4 Å². The maximum atomic E-state index is 12.4. The zero-order valence-corrected chi connectivity index (χ0v) is 15.6. The Kier molecular flexibility index (Phi) is 7.55. The Balaban J connectivity index is 1.91. The van der Waals surface area contributed by atoms with Crippen LogP contribution in [0.3, 0.4) is 0 Å². The van der Waals surface area contributed by atoms with Gasteiger partial charge in [-0.2, -0.15) is 8.78 Å². The predicted octanol–water partition coefficient (Wildman–Crippen LogP) is 3.61. The molecule has 0 aliphatic carbocycles.